The van der Waals surface area contributed by atoms with E-state index in [1.807, 2.05) is 18.5 Å². The van der Waals surface area contributed by atoms with Crippen molar-refractivity contribution in [2.45, 2.75) is 0 Å². The third-order valence-electron chi connectivity index (χ3n) is 1.74. The molecular formula is C9H7N5. The topological polar surface area (TPSA) is 77.4 Å². The molecule has 2 rings (SSSR count). The summed E-state index contributed by atoms with van der Waals surface area (Å²) in [4.78, 5) is 2.93. The van der Waals surface area contributed by atoms with Gasteiger partial charge in [0.05, 0.1) is 5.69 Å². The van der Waals surface area contributed by atoms with Crippen molar-refractivity contribution >= 4 is 5.82 Å². The first-order chi connectivity index (χ1) is 6.90. The Hall–Kier alpha value is -2.35. The van der Waals surface area contributed by atoms with Gasteiger partial charge in [0.25, 0.3) is 0 Å². The monoisotopic (exact) mass is 185 g/mol. The Bertz CT molecular complexity index is 437. The maximum atomic E-state index is 8.34. The van der Waals surface area contributed by atoms with E-state index in [1.54, 1.807) is 18.3 Å². The Morgan fingerprint density at radius 1 is 1.29 bits per heavy atom. The lowest BCUT2D eigenvalue weighted by Gasteiger charge is -1.96. The van der Waals surface area contributed by atoms with E-state index in [2.05, 4.69) is 20.5 Å². The maximum absolute atomic E-state index is 8.34. The summed E-state index contributed by atoms with van der Waals surface area (Å²) in [6, 6.07) is 5.41. The van der Waals surface area contributed by atoms with Crippen LogP contribution >= 0.6 is 0 Å². The molecule has 0 aliphatic carbocycles. The Labute approximate surface area is 80.4 Å². The highest BCUT2D eigenvalue weighted by Crippen LogP contribution is 2.15. The molecule has 0 spiro atoms. The highest BCUT2D eigenvalue weighted by atomic mass is 15.2. The van der Waals surface area contributed by atoms with Gasteiger partial charge in [0.2, 0.25) is 0 Å². The summed E-state index contributed by atoms with van der Waals surface area (Å²) in [6.45, 7) is 0. The van der Waals surface area contributed by atoms with Crippen LogP contribution < -0.4 is 5.32 Å². The minimum absolute atomic E-state index is 0.451. The second-order valence-electron chi connectivity index (χ2n) is 2.64. The van der Waals surface area contributed by atoms with Crippen molar-refractivity contribution in [1.82, 2.24) is 15.2 Å². The van der Waals surface area contributed by atoms with Crippen molar-refractivity contribution < 1.29 is 0 Å². The molecule has 0 saturated heterocycles. The van der Waals surface area contributed by atoms with Crippen LogP contribution in [0.3, 0.4) is 0 Å². The summed E-state index contributed by atoms with van der Waals surface area (Å²) in [7, 11) is 0. The summed E-state index contributed by atoms with van der Waals surface area (Å²) < 4.78 is 0. The average molecular weight is 185 g/mol. The molecule has 2 heterocycles. The van der Waals surface area contributed by atoms with E-state index < -0.39 is 0 Å². The van der Waals surface area contributed by atoms with Gasteiger partial charge in [-0.1, -0.05) is 0 Å². The minimum atomic E-state index is 0.451. The van der Waals surface area contributed by atoms with Crippen LogP contribution in [-0.4, -0.2) is 15.2 Å². The summed E-state index contributed by atoms with van der Waals surface area (Å²) in [5, 5.41) is 18.5. The zero-order valence-electron chi connectivity index (χ0n) is 7.23. The fraction of sp³-hybridized carbons (Fsp3) is 0. The Kier molecular flexibility index (Phi) is 2.11. The van der Waals surface area contributed by atoms with Gasteiger partial charge in [0, 0.05) is 18.0 Å². The third-order valence-corrected chi connectivity index (χ3v) is 1.74. The Balaban J connectivity index is 2.27. The number of aromatic amines is 1. The summed E-state index contributed by atoms with van der Waals surface area (Å²) in [6.07, 6.45) is 5.43. The normalized spacial score (nSPS) is 9.36. The number of hydrogen-bond acceptors (Lipinski definition) is 4. The van der Waals surface area contributed by atoms with E-state index in [4.69, 9.17) is 5.26 Å². The molecular weight excluding hydrogens is 178 g/mol. The van der Waals surface area contributed by atoms with Crippen LogP contribution in [0.25, 0.3) is 11.3 Å². The van der Waals surface area contributed by atoms with E-state index in [0.29, 0.717) is 5.82 Å². The molecule has 68 valence electrons. The fourth-order valence-corrected chi connectivity index (χ4v) is 1.09. The molecule has 0 saturated carbocycles. The molecule has 2 aromatic rings. The molecule has 0 aromatic carbocycles. The zero-order valence-corrected chi connectivity index (χ0v) is 7.23. The molecule has 5 heteroatoms. The smallest absolute Gasteiger partial charge is 0.182 e. The predicted molar refractivity (Wildman–Crippen MR) is 51.1 cm³/mol. The largest absolute Gasteiger partial charge is 0.367 e. The SMILES string of the molecule is N#CNc1ccc(-c2cc[nH]c2)nn1. The van der Waals surface area contributed by atoms with Gasteiger partial charge < -0.3 is 4.98 Å². The quantitative estimate of drug-likeness (QED) is 0.547. The average Bonchev–Trinajstić information content (AvgIpc) is 2.72. The van der Waals surface area contributed by atoms with Crippen molar-refractivity contribution in [1.29, 1.82) is 5.26 Å². The molecule has 0 fully saturated rings. The molecule has 5 nitrogen and oxygen atoms in total. The van der Waals surface area contributed by atoms with Crippen LogP contribution in [-0.2, 0) is 0 Å². The lowest BCUT2D eigenvalue weighted by Crippen LogP contribution is -1.94. The molecule has 0 atom stereocenters. The van der Waals surface area contributed by atoms with Gasteiger partial charge in [-0.25, -0.2) is 0 Å². The maximum Gasteiger partial charge on any atom is 0.182 e. The number of nitrogens with zero attached hydrogens (tertiary/aromatic N) is 3. The van der Waals surface area contributed by atoms with E-state index in [-0.39, 0.29) is 0 Å². The third kappa shape index (κ3) is 1.54. The van der Waals surface area contributed by atoms with Crippen molar-refractivity contribution in [2.75, 3.05) is 5.32 Å². The van der Waals surface area contributed by atoms with Gasteiger partial charge in [-0.3, -0.25) is 5.32 Å². The van der Waals surface area contributed by atoms with Crippen molar-refractivity contribution in [3.8, 4) is 17.5 Å². The van der Waals surface area contributed by atoms with Gasteiger partial charge >= 0.3 is 0 Å². The van der Waals surface area contributed by atoms with Gasteiger partial charge in [0.1, 0.15) is 0 Å². The molecule has 14 heavy (non-hydrogen) atoms. The summed E-state index contributed by atoms with van der Waals surface area (Å²) in [5.41, 5.74) is 1.75. The van der Waals surface area contributed by atoms with E-state index in [9.17, 15) is 0 Å². The number of anilines is 1. The van der Waals surface area contributed by atoms with Crippen molar-refractivity contribution in [3.05, 3.63) is 30.6 Å². The molecule has 0 radical (unpaired) electrons. The summed E-state index contributed by atoms with van der Waals surface area (Å²) >= 11 is 0. The lowest BCUT2D eigenvalue weighted by molar-refractivity contribution is 1.04. The number of nitriles is 1. The van der Waals surface area contributed by atoms with Crippen molar-refractivity contribution in [2.24, 2.45) is 0 Å². The minimum Gasteiger partial charge on any atom is -0.367 e. The first-order valence-corrected chi connectivity index (χ1v) is 4.02. The van der Waals surface area contributed by atoms with Crippen LogP contribution in [0.5, 0.6) is 0 Å². The molecule has 0 aliphatic rings. The summed E-state index contributed by atoms with van der Waals surface area (Å²) in [5.74, 6) is 0.451. The molecule has 2 N–H and O–H groups in total. The fourth-order valence-electron chi connectivity index (χ4n) is 1.09. The number of H-pyrrole nitrogens is 1. The van der Waals surface area contributed by atoms with Gasteiger partial charge in [0.15, 0.2) is 12.0 Å². The molecule has 0 bridgehead atoms. The van der Waals surface area contributed by atoms with Crippen LogP contribution in [0.2, 0.25) is 0 Å². The van der Waals surface area contributed by atoms with E-state index in [1.165, 1.54) is 0 Å². The molecule has 0 aliphatic heterocycles. The molecule has 2 aromatic heterocycles. The second-order valence-corrected chi connectivity index (χ2v) is 2.64. The van der Waals surface area contributed by atoms with Crippen LogP contribution in [0.15, 0.2) is 30.6 Å². The van der Waals surface area contributed by atoms with Crippen LogP contribution in [0, 0.1) is 11.5 Å². The first-order valence-electron chi connectivity index (χ1n) is 4.02. The van der Waals surface area contributed by atoms with Gasteiger partial charge in [-0.15, -0.1) is 10.2 Å². The molecule has 0 unspecified atom stereocenters. The highest BCUT2D eigenvalue weighted by Gasteiger charge is 1.99. The first kappa shape index (κ1) is 8.26. The van der Waals surface area contributed by atoms with Gasteiger partial charge in [-0.05, 0) is 18.2 Å². The number of nitrogens with one attached hydrogen (secondary N) is 2. The predicted octanol–water partition coefficient (Wildman–Crippen LogP) is 1.36. The molecule has 0 amide bonds. The Morgan fingerprint density at radius 2 is 2.21 bits per heavy atom. The van der Waals surface area contributed by atoms with E-state index >= 15 is 0 Å². The van der Waals surface area contributed by atoms with Crippen LogP contribution in [0.1, 0.15) is 0 Å². The number of aromatic nitrogens is 3. The Morgan fingerprint density at radius 3 is 2.79 bits per heavy atom. The number of hydrogen-bond donors (Lipinski definition) is 2. The highest BCUT2D eigenvalue weighted by molar-refractivity contribution is 5.58. The zero-order chi connectivity index (χ0) is 9.80. The van der Waals surface area contributed by atoms with Gasteiger partial charge in [-0.2, -0.15) is 5.26 Å². The standard InChI is InChI=1S/C9H7N5/c10-6-12-9-2-1-8(13-14-9)7-3-4-11-5-7/h1-5,11H,(H,12,14). The lowest BCUT2D eigenvalue weighted by atomic mass is 10.2. The van der Waals surface area contributed by atoms with Crippen LogP contribution in [0.4, 0.5) is 5.82 Å². The second kappa shape index (κ2) is 3.58. The van der Waals surface area contributed by atoms with Crippen molar-refractivity contribution in [3.63, 3.8) is 0 Å². The number of rotatable bonds is 2. The van der Waals surface area contributed by atoms with E-state index in [0.717, 1.165) is 11.3 Å².